The number of hydrogen-bond donors (Lipinski definition) is 1. The van der Waals surface area contributed by atoms with E-state index in [1.807, 2.05) is 12.3 Å². The highest BCUT2D eigenvalue weighted by molar-refractivity contribution is 5.50. The summed E-state index contributed by atoms with van der Waals surface area (Å²) in [6.07, 6.45) is 9.53. The zero-order valence-electron chi connectivity index (χ0n) is 8.80. The fourth-order valence-corrected chi connectivity index (χ4v) is 1.63. The van der Waals surface area contributed by atoms with E-state index in [-0.39, 0.29) is 0 Å². The van der Waals surface area contributed by atoms with Crippen LogP contribution in [-0.2, 0) is 0 Å². The number of rotatable bonds is 3. The van der Waals surface area contributed by atoms with Gasteiger partial charge in [0.1, 0.15) is 11.6 Å². The molecule has 0 aromatic carbocycles. The van der Waals surface area contributed by atoms with E-state index in [4.69, 9.17) is 0 Å². The van der Waals surface area contributed by atoms with Crippen LogP contribution in [-0.4, -0.2) is 15.0 Å². The summed E-state index contributed by atoms with van der Waals surface area (Å²) in [6.45, 7) is 0. The molecule has 2 aromatic rings. The van der Waals surface area contributed by atoms with Crippen LogP contribution in [0.15, 0.2) is 36.9 Å². The van der Waals surface area contributed by atoms with Crippen LogP contribution < -0.4 is 5.32 Å². The summed E-state index contributed by atoms with van der Waals surface area (Å²) >= 11 is 0. The number of nitrogens with zero attached hydrogens (tertiary/aromatic N) is 3. The summed E-state index contributed by atoms with van der Waals surface area (Å²) in [6, 6.07) is 4.12. The highest BCUT2D eigenvalue weighted by Gasteiger charge is 2.23. The smallest absolute Gasteiger partial charge is 0.150 e. The van der Waals surface area contributed by atoms with Gasteiger partial charge in [-0.25, -0.2) is 9.97 Å². The molecule has 1 aliphatic carbocycles. The molecule has 0 bridgehead atoms. The second-order valence-electron chi connectivity index (χ2n) is 3.97. The van der Waals surface area contributed by atoms with Crippen molar-refractivity contribution in [2.45, 2.75) is 18.8 Å². The molecule has 0 unspecified atom stereocenters. The Morgan fingerprint density at radius 2 is 1.94 bits per heavy atom. The van der Waals surface area contributed by atoms with Gasteiger partial charge in [-0.1, -0.05) is 6.07 Å². The normalized spacial score (nSPS) is 14.8. The maximum Gasteiger partial charge on any atom is 0.150 e. The quantitative estimate of drug-likeness (QED) is 0.849. The van der Waals surface area contributed by atoms with Gasteiger partial charge in [-0.3, -0.25) is 4.98 Å². The van der Waals surface area contributed by atoms with Gasteiger partial charge in [0, 0.05) is 18.6 Å². The van der Waals surface area contributed by atoms with Crippen LogP contribution in [0.2, 0.25) is 0 Å². The van der Waals surface area contributed by atoms with Crippen LogP contribution in [0.25, 0.3) is 0 Å². The van der Waals surface area contributed by atoms with Crippen molar-refractivity contribution in [2.75, 3.05) is 5.32 Å². The molecule has 1 fully saturated rings. The molecular formula is C12H12N4. The Morgan fingerprint density at radius 3 is 2.56 bits per heavy atom. The van der Waals surface area contributed by atoms with Crippen LogP contribution in [0.5, 0.6) is 0 Å². The molecule has 3 rings (SSSR count). The van der Waals surface area contributed by atoms with E-state index in [1.54, 1.807) is 18.6 Å². The predicted molar refractivity (Wildman–Crippen MR) is 61.5 cm³/mol. The van der Waals surface area contributed by atoms with Crippen LogP contribution >= 0.6 is 0 Å². The van der Waals surface area contributed by atoms with Crippen molar-refractivity contribution in [2.24, 2.45) is 0 Å². The topological polar surface area (TPSA) is 50.7 Å². The van der Waals surface area contributed by atoms with E-state index in [2.05, 4.69) is 26.3 Å². The molecule has 0 spiro atoms. The molecule has 0 radical (unpaired) electrons. The first-order valence-corrected chi connectivity index (χ1v) is 5.41. The van der Waals surface area contributed by atoms with Gasteiger partial charge in [-0.15, -0.1) is 0 Å². The Balaban J connectivity index is 1.75. The third kappa shape index (κ3) is 2.00. The summed E-state index contributed by atoms with van der Waals surface area (Å²) in [5, 5.41) is 3.11. The van der Waals surface area contributed by atoms with E-state index >= 15 is 0 Å². The molecule has 1 saturated carbocycles. The predicted octanol–water partition coefficient (Wildman–Crippen LogP) is 2.49. The molecular weight excluding hydrogens is 200 g/mol. The second-order valence-corrected chi connectivity index (χ2v) is 3.97. The molecule has 16 heavy (non-hydrogen) atoms. The molecule has 4 heteroatoms. The largest absolute Gasteiger partial charge is 0.324 e. The summed E-state index contributed by atoms with van der Waals surface area (Å²) in [7, 11) is 0. The molecule has 0 saturated heterocycles. The Hall–Kier alpha value is -1.97. The first-order valence-electron chi connectivity index (χ1n) is 5.41. The number of nitrogens with one attached hydrogen (secondary N) is 1. The third-order valence-electron chi connectivity index (χ3n) is 2.65. The number of pyridine rings is 1. The van der Waals surface area contributed by atoms with Gasteiger partial charge in [0.2, 0.25) is 0 Å². The second kappa shape index (κ2) is 3.89. The molecule has 0 atom stereocenters. The summed E-state index contributed by atoms with van der Waals surface area (Å²) in [5.74, 6) is 2.28. The molecule has 2 heterocycles. The minimum atomic E-state index is 0.717. The van der Waals surface area contributed by atoms with Crippen molar-refractivity contribution in [1.82, 2.24) is 15.0 Å². The average molecular weight is 212 g/mol. The van der Waals surface area contributed by atoms with E-state index in [1.165, 1.54) is 18.4 Å². The number of hydrogen-bond acceptors (Lipinski definition) is 4. The number of anilines is 2. The van der Waals surface area contributed by atoms with Gasteiger partial charge in [-0.2, -0.15) is 0 Å². The SMILES string of the molecule is c1cnc(Nc2ccc(C3CC3)cn2)cn1. The van der Waals surface area contributed by atoms with Gasteiger partial charge < -0.3 is 5.32 Å². The van der Waals surface area contributed by atoms with Crippen molar-refractivity contribution in [3.05, 3.63) is 42.5 Å². The molecule has 2 aromatic heterocycles. The van der Waals surface area contributed by atoms with Gasteiger partial charge in [0.15, 0.2) is 0 Å². The van der Waals surface area contributed by atoms with Gasteiger partial charge >= 0.3 is 0 Å². The fourth-order valence-electron chi connectivity index (χ4n) is 1.63. The van der Waals surface area contributed by atoms with Crippen LogP contribution in [0.1, 0.15) is 24.3 Å². The molecule has 0 amide bonds. The first-order chi connectivity index (χ1) is 7.92. The van der Waals surface area contributed by atoms with Gasteiger partial charge in [0.25, 0.3) is 0 Å². The summed E-state index contributed by atoms with van der Waals surface area (Å²) in [5.41, 5.74) is 1.34. The zero-order chi connectivity index (χ0) is 10.8. The van der Waals surface area contributed by atoms with E-state index < -0.39 is 0 Å². The highest BCUT2D eigenvalue weighted by Crippen LogP contribution is 2.39. The zero-order valence-corrected chi connectivity index (χ0v) is 8.80. The van der Waals surface area contributed by atoms with Crippen molar-refractivity contribution in [3.8, 4) is 0 Å². The van der Waals surface area contributed by atoms with Crippen LogP contribution in [0, 0.1) is 0 Å². The highest BCUT2D eigenvalue weighted by atomic mass is 15.1. The lowest BCUT2D eigenvalue weighted by molar-refractivity contribution is 1.09. The Labute approximate surface area is 93.8 Å². The van der Waals surface area contributed by atoms with Crippen molar-refractivity contribution < 1.29 is 0 Å². The summed E-state index contributed by atoms with van der Waals surface area (Å²) < 4.78 is 0. The number of aromatic nitrogens is 3. The maximum absolute atomic E-state index is 4.36. The summed E-state index contributed by atoms with van der Waals surface area (Å²) in [4.78, 5) is 12.5. The molecule has 1 N–H and O–H groups in total. The molecule has 0 aliphatic heterocycles. The lowest BCUT2D eigenvalue weighted by atomic mass is 10.2. The van der Waals surface area contributed by atoms with Gasteiger partial charge in [-0.05, 0) is 30.4 Å². The molecule has 1 aliphatic rings. The van der Waals surface area contributed by atoms with Gasteiger partial charge in [0.05, 0.1) is 6.20 Å². The maximum atomic E-state index is 4.36. The Kier molecular flexibility index (Phi) is 2.25. The van der Waals surface area contributed by atoms with E-state index in [0.717, 1.165) is 11.7 Å². The third-order valence-corrected chi connectivity index (χ3v) is 2.65. The Morgan fingerprint density at radius 1 is 1.00 bits per heavy atom. The Bertz CT molecular complexity index is 462. The minimum absolute atomic E-state index is 0.717. The van der Waals surface area contributed by atoms with Crippen LogP contribution in [0.3, 0.4) is 0 Å². The van der Waals surface area contributed by atoms with Crippen LogP contribution in [0.4, 0.5) is 11.6 Å². The first kappa shape index (κ1) is 9.27. The lowest BCUT2D eigenvalue weighted by Crippen LogP contribution is -1.96. The molecule has 4 nitrogen and oxygen atoms in total. The standard InChI is InChI=1S/C12H12N4/c1-2-9(1)10-3-4-11(15-7-10)16-12-8-13-5-6-14-12/h3-9H,1-2H2,(H,14,15,16). The fraction of sp³-hybridized carbons (Fsp3) is 0.250. The van der Waals surface area contributed by atoms with Crippen molar-refractivity contribution in [1.29, 1.82) is 0 Å². The van der Waals surface area contributed by atoms with E-state index in [0.29, 0.717) is 5.82 Å². The van der Waals surface area contributed by atoms with Crippen molar-refractivity contribution >= 4 is 11.6 Å². The minimum Gasteiger partial charge on any atom is -0.324 e. The van der Waals surface area contributed by atoms with E-state index in [9.17, 15) is 0 Å². The monoisotopic (exact) mass is 212 g/mol. The lowest BCUT2D eigenvalue weighted by Gasteiger charge is -2.04. The molecule has 80 valence electrons. The van der Waals surface area contributed by atoms with Crippen molar-refractivity contribution in [3.63, 3.8) is 0 Å². The average Bonchev–Trinajstić information content (AvgIpc) is 3.15.